The number of halogens is 1. The maximum absolute atomic E-state index is 13.8. The molecule has 0 fully saturated rings. The molecule has 0 aliphatic rings. The summed E-state index contributed by atoms with van der Waals surface area (Å²) in [6.45, 7) is 5.16. The van der Waals surface area contributed by atoms with Gasteiger partial charge in [0.15, 0.2) is 17.9 Å². The quantitative estimate of drug-likeness (QED) is 0.506. The zero-order chi connectivity index (χ0) is 13.9. The van der Waals surface area contributed by atoms with Crippen molar-refractivity contribution in [1.82, 2.24) is 0 Å². The Hall–Kier alpha value is -1.75. The topological polar surface area (TPSA) is 69.4 Å². The molecular weight excluding hydrogens is 237 g/mol. The zero-order valence-corrected chi connectivity index (χ0v) is 10.6. The van der Waals surface area contributed by atoms with Crippen molar-refractivity contribution >= 4 is 12.3 Å². The molecule has 0 amide bonds. The molecule has 2 N–H and O–H groups in total. The van der Waals surface area contributed by atoms with Crippen LogP contribution < -0.4 is 10.5 Å². The Balaban J connectivity index is 3.19. The predicted molar refractivity (Wildman–Crippen MR) is 65.2 cm³/mol. The van der Waals surface area contributed by atoms with Gasteiger partial charge in [-0.3, -0.25) is 4.79 Å². The molecule has 1 aromatic rings. The minimum Gasteiger partial charge on any atom is -0.421 e. The van der Waals surface area contributed by atoms with Gasteiger partial charge in [-0.05, 0) is 30.5 Å². The molecule has 5 heteroatoms. The fourth-order valence-corrected chi connectivity index (χ4v) is 1.36. The molecule has 0 unspecified atom stereocenters. The maximum Gasteiger partial charge on any atom is 0.328 e. The number of esters is 1. The minimum absolute atomic E-state index is 0.00713. The Morgan fingerprint density at radius 1 is 1.39 bits per heavy atom. The van der Waals surface area contributed by atoms with Gasteiger partial charge in [-0.2, -0.15) is 0 Å². The lowest BCUT2D eigenvalue weighted by molar-refractivity contribution is -0.135. The first-order chi connectivity index (χ1) is 8.36. The normalized spacial score (nSPS) is 12.3. The molecule has 0 heterocycles. The molecular formula is C13H16FNO3. The molecule has 0 aromatic heterocycles. The monoisotopic (exact) mass is 253 g/mol. The summed E-state index contributed by atoms with van der Waals surface area (Å²) in [5, 5.41) is 0. The Morgan fingerprint density at radius 2 is 2.00 bits per heavy atom. The van der Waals surface area contributed by atoms with E-state index in [-0.39, 0.29) is 17.2 Å². The molecule has 0 spiro atoms. The number of hydrogen-bond acceptors (Lipinski definition) is 4. The molecule has 1 atom stereocenters. The van der Waals surface area contributed by atoms with Crippen LogP contribution in [0.5, 0.6) is 5.75 Å². The zero-order valence-electron chi connectivity index (χ0n) is 10.6. The van der Waals surface area contributed by atoms with Crippen LogP contribution in [0, 0.1) is 5.82 Å². The number of benzene rings is 1. The first-order valence-corrected chi connectivity index (χ1v) is 5.62. The molecule has 18 heavy (non-hydrogen) atoms. The summed E-state index contributed by atoms with van der Waals surface area (Å²) < 4.78 is 18.6. The Bertz CT molecular complexity index is 470. The summed E-state index contributed by atoms with van der Waals surface area (Å²) in [7, 11) is 0. The number of rotatable bonds is 4. The van der Waals surface area contributed by atoms with E-state index >= 15 is 0 Å². The molecule has 0 saturated heterocycles. The third-order valence-electron chi connectivity index (χ3n) is 2.46. The fourth-order valence-electron chi connectivity index (χ4n) is 1.36. The van der Waals surface area contributed by atoms with Gasteiger partial charge in [0.1, 0.15) is 6.04 Å². The summed E-state index contributed by atoms with van der Waals surface area (Å²) in [4.78, 5) is 22.2. The molecule has 4 nitrogen and oxygen atoms in total. The van der Waals surface area contributed by atoms with Gasteiger partial charge in [-0.1, -0.05) is 13.8 Å². The van der Waals surface area contributed by atoms with E-state index in [0.29, 0.717) is 11.8 Å². The third-order valence-corrected chi connectivity index (χ3v) is 2.46. The lowest BCUT2D eigenvalue weighted by atomic mass is 10.0. The van der Waals surface area contributed by atoms with Crippen LogP contribution in [0.25, 0.3) is 0 Å². The average molecular weight is 253 g/mol. The highest BCUT2D eigenvalue weighted by Gasteiger charge is 2.18. The van der Waals surface area contributed by atoms with Gasteiger partial charge >= 0.3 is 5.97 Å². The second-order valence-electron chi connectivity index (χ2n) is 4.40. The summed E-state index contributed by atoms with van der Waals surface area (Å²) in [6, 6.07) is 1.88. The van der Waals surface area contributed by atoms with E-state index in [1.165, 1.54) is 19.1 Å². The lowest BCUT2D eigenvalue weighted by Gasteiger charge is -2.12. The van der Waals surface area contributed by atoms with Gasteiger partial charge in [0, 0.05) is 0 Å². The standard InChI is InChI=1S/C13H16FNO3/c1-7(2)9-4-10(6-16)12(11(14)5-9)18-13(17)8(3)15/h4-8H,15H2,1-3H3/t8-/m0/s1. The van der Waals surface area contributed by atoms with E-state index in [4.69, 9.17) is 10.5 Å². The van der Waals surface area contributed by atoms with Crippen molar-refractivity contribution < 1.29 is 18.7 Å². The van der Waals surface area contributed by atoms with Crippen LogP contribution in [0.1, 0.15) is 42.6 Å². The minimum atomic E-state index is -0.881. The van der Waals surface area contributed by atoms with Gasteiger partial charge in [-0.25, -0.2) is 9.18 Å². The van der Waals surface area contributed by atoms with Crippen LogP contribution in [-0.4, -0.2) is 18.3 Å². The smallest absolute Gasteiger partial charge is 0.328 e. The predicted octanol–water partition coefficient (Wildman–Crippen LogP) is 2.01. The molecule has 0 aliphatic heterocycles. The highest BCUT2D eigenvalue weighted by Crippen LogP contribution is 2.27. The van der Waals surface area contributed by atoms with Crippen LogP contribution in [0.4, 0.5) is 4.39 Å². The van der Waals surface area contributed by atoms with Crippen molar-refractivity contribution in [2.24, 2.45) is 5.73 Å². The van der Waals surface area contributed by atoms with Crippen molar-refractivity contribution in [1.29, 1.82) is 0 Å². The van der Waals surface area contributed by atoms with Gasteiger partial charge < -0.3 is 10.5 Å². The highest BCUT2D eigenvalue weighted by molar-refractivity contribution is 5.84. The molecule has 1 rings (SSSR count). The third kappa shape index (κ3) is 3.13. The van der Waals surface area contributed by atoms with Gasteiger partial charge in [0.25, 0.3) is 0 Å². The van der Waals surface area contributed by atoms with Crippen LogP contribution in [0.15, 0.2) is 12.1 Å². The lowest BCUT2D eigenvalue weighted by Crippen LogP contribution is -2.31. The molecule has 0 radical (unpaired) electrons. The van der Waals surface area contributed by atoms with E-state index in [1.54, 1.807) is 0 Å². The van der Waals surface area contributed by atoms with E-state index < -0.39 is 17.8 Å². The fraction of sp³-hybridized carbons (Fsp3) is 0.385. The number of aldehydes is 1. The number of nitrogens with two attached hydrogens (primary N) is 1. The molecule has 0 saturated carbocycles. The van der Waals surface area contributed by atoms with E-state index in [0.717, 1.165) is 0 Å². The van der Waals surface area contributed by atoms with Crippen LogP contribution in [-0.2, 0) is 4.79 Å². The number of hydrogen-bond donors (Lipinski definition) is 1. The first kappa shape index (κ1) is 14.3. The van der Waals surface area contributed by atoms with Crippen molar-refractivity contribution in [2.45, 2.75) is 32.7 Å². The van der Waals surface area contributed by atoms with Crippen molar-refractivity contribution in [2.75, 3.05) is 0 Å². The maximum atomic E-state index is 13.8. The summed E-state index contributed by atoms with van der Waals surface area (Å²) in [5.41, 5.74) is 5.99. The SMILES string of the molecule is CC(C)c1cc(F)c(OC(=O)[C@H](C)N)c(C=O)c1. The largest absolute Gasteiger partial charge is 0.421 e. The Kier molecular flexibility index (Phi) is 4.55. The second kappa shape index (κ2) is 5.73. The molecule has 0 aliphatic carbocycles. The van der Waals surface area contributed by atoms with Crippen molar-refractivity contribution in [3.05, 3.63) is 29.1 Å². The molecule has 98 valence electrons. The molecule has 1 aromatic carbocycles. The number of carbonyl (C=O) groups is 2. The van der Waals surface area contributed by atoms with Crippen LogP contribution in [0.3, 0.4) is 0 Å². The second-order valence-corrected chi connectivity index (χ2v) is 4.40. The Morgan fingerprint density at radius 3 is 2.44 bits per heavy atom. The van der Waals surface area contributed by atoms with Crippen LogP contribution in [0.2, 0.25) is 0 Å². The van der Waals surface area contributed by atoms with E-state index in [2.05, 4.69) is 0 Å². The highest BCUT2D eigenvalue weighted by atomic mass is 19.1. The van der Waals surface area contributed by atoms with Crippen molar-refractivity contribution in [3.8, 4) is 5.75 Å². The van der Waals surface area contributed by atoms with Crippen LogP contribution >= 0.6 is 0 Å². The summed E-state index contributed by atoms with van der Waals surface area (Å²) >= 11 is 0. The number of ether oxygens (including phenoxy) is 1. The van der Waals surface area contributed by atoms with Gasteiger partial charge in [-0.15, -0.1) is 0 Å². The number of carbonyl (C=O) groups excluding carboxylic acids is 2. The first-order valence-electron chi connectivity index (χ1n) is 5.62. The average Bonchev–Trinajstić information content (AvgIpc) is 2.30. The summed E-state index contributed by atoms with van der Waals surface area (Å²) in [5.74, 6) is -1.82. The van der Waals surface area contributed by atoms with Crippen molar-refractivity contribution in [3.63, 3.8) is 0 Å². The Labute approximate surface area is 105 Å². The van der Waals surface area contributed by atoms with Gasteiger partial charge in [0.2, 0.25) is 0 Å². The van der Waals surface area contributed by atoms with E-state index in [1.807, 2.05) is 13.8 Å². The molecule has 0 bridgehead atoms. The van der Waals surface area contributed by atoms with E-state index in [9.17, 15) is 14.0 Å². The summed E-state index contributed by atoms with van der Waals surface area (Å²) in [6.07, 6.45) is 0.457. The van der Waals surface area contributed by atoms with Gasteiger partial charge in [0.05, 0.1) is 5.56 Å².